The molecule has 2 aliphatic rings. The zero-order chi connectivity index (χ0) is 31.2. The van der Waals surface area contributed by atoms with Crippen LogP contribution in [0.15, 0.2) is 97.1 Å². The van der Waals surface area contributed by atoms with Gasteiger partial charge in [-0.25, -0.2) is 13.6 Å². The van der Waals surface area contributed by atoms with E-state index in [0.717, 1.165) is 29.9 Å². The number of urea groups is 1. The van der Waals surface area contributed by atoms with Crippen molar-refractivity contribution in [2.24, 2.45) is 0 Å². The minimum atomic E-state index is -0.380. The Morgan fingerprint density at radius 1 is 0.689 bits per heavy atom. The maximum absolute atomic E-state index is 13.8. The Hall–Kier alpha value is -4.80. The second-order valence-corrected chi connectivity index (χ2v) is 11.2. The Bertz CT molecular complexity index is 1560. The standard InChI is InChI=1S/C35H36F2N6O2/c36-28-11-6-25(7-12-28)33(26-8-13-29(37)14-9-26)42-22-20-41(21-23-42)32-24-27(34(44)43-18-16-38-17-19-43)10-15-31(32)40-35(45)39-30-4-2-1-3-5-30/h1-15,24,33,38H,16-23H2,(H2,39,40,45). The van der Waals surface area contributed by atoms with Crippen LogP contribution in [0.4, 0.5) is 30.6 Å². The number of para-hydroxylation sites is 1. The van der Waals surface area contributed by atoms with E-state index in [1.165, 1.54) is 24.3 Å². The number of hydrogen-bond acceptors (Lipinski definition) is 5. The van der Waals surface area contributed by atoms with Gasteiger partial charge >= 0.3 is 6.03 Å². The van der Waals surface area contributed by atoms with E-state index in [1.54, 1.807) is 36.4 Å². The minimum Gasteiger partial charge on any atom is -0.367 e. The first kappa shape index (κ1) is 30.2. The lowest BCUT2D eigenvalue weighted by atomic mass is 9.96. The van der Waals surface area contributed by atoms with Crippen molar-refractivity contribution in [3.8, 4) is 0 Å². The number of nitrogens with zero attached hydrogens (tertiary/aromatic N) is 3. The lowest BCUT2D eigenvalue weighted by Gasteiger charge is -2.41. The molecule has 4 aromatic rings. The number of hydrogen-bond donors (Lipinski definition) is 3. The highest BCUT2D eigenvalue weighted by Gasteiger charge is 2.29. The number of carbonyl (C=O) groups is 2. The molecule has 8 nitrogen and oxygen atoms in total. The average Bonchev–Trinajstić information content (AvgIpc) is 3.07. The number of rotatable bonds is 7. The van der Waals surface area contributed by atoms with Gasteiger partial charge in [0.05, 0.1) is 17.4 Å². The maximum Gasteiger partial charge on any atom is 0.323 e. The van der Waals surface area contributed by atoms with Crippen LogP contribution in [0.3, 0.4) is 0 Å². The van der Waals surface area contributed by atoms with Crippen molar-refractivity contribution in [3.63, 3.8) is 0 Å². The molecule has 45 heavy (non-hydrogen) atoms. The average molecular weight is 611 g/mol. The van der Waals surface area contributed by atoms with Crippen molar-refractivity contribution in [2.75, 3.05) is 67.9 Å². The predicted octanol–water partition coefficient (Wildman–Crippen LogP) is 5.57. The lowest BCUT2D eigenvalue weighted by molar-refractivity contribution is 0.0736. The summed E-state index contributed by atoms with van der Waals surface area (Å²) in [5, 5.41) is 9.13. The van der Waals surface area contributed by atoms with Crippen molar-refractivity contribution < 1.29 is 18.4 Å². The molecule has 0 bridgehead atoms. The first-order chi connectivity index (χ1) is 21.9. The van der Waals surface area contributed by atoms with Crippen LogP contribution in [0.25, 0.3) is 0 Å². The Balaban J connectivity index is 1.25. The van der Waals surface area contributed by atoms with Gasteiger partial charge in [0.2, 0.25) is 0 Å². The van der Waals surface area contributed by atoms with Crippen molar-refractivity contribution in [1.29, 1.82) is 0 Å². The van der Waals surface area contributed by atoms with E-state index in [0.29, 0.717) is 56.2 Å². The van der Waals surface area contributed by atoms with E-state index in [9.17, 15) is 18.4 Å². The van der Waals surface area contributed by atoms with Gasteiger partial charge < -0.3 is 25.8 Å². The molecule has 0 aliphatic carbocycles. The largest absolute Gasteiger partial charge is 0.367 e. The Kier molecular flexibility index (Phi) is 9.33. The fraction of sp³-hybridized carbons (Fsp3) is 0.257. The summed E-state index contributed by atoms with van der Waals surface area (Å²) >= 11 is 0. The Labute approximate surface area is 261 Å². The summed E-state index contributed by atoms with van der Waals surface area (Å²) in [5.74, 6) is -0.662. The van der Waals surface area contributed by atoms with Crippen LogP contribution >= 0.6 is 0 Å². The van der Waals surface area contributed by atoms with Crippen LogP contribution in [0.1, 0.15) is 27.5 Å². The van der Waals surface area contributed by atoms with Gasteiger partial charge in [-0.3, -0.25) is 9.69 Å². The third-order valence-corrected chi connectivity index (χ3v) is 8.32. The summed E-state index contributed by atoms with van der Waals surface area (Å²) in [4.78, 5) is 32.7. The number of nitrogens with one attached hydrogen (secondary N) is 3. The van der Waals surface area contributed by atoms with Gasteiger partial charge in [0.15, 0.2) is 0 Å². The van der Waals surface area contributed by atoms with Gasteiger partial charge in [0.1, 0.15) is 11.6 Å². The molecule has 6 rings (SSSR count). The normalized spacial score (nSPS) is 15.6. The first-order valence-electron chi connectivity index (χ1n) is 15.2. The quantitative estimate of drug-likeness (QED) is 0.255. The molecule has 10 heteroatoms. The number of benzene rings is 4. The molecule has 2 aliphatic heterocycles. The molecule has 0 aromatic heterocycles. The fourth-order valence-corrected chi connectivity index (χ4v) is 6.01. The van der Waals surface area contributed by atoms with Gasteiger partial charge in [0.25, 0.3) is 5.91 Å². The SMILES string of the molecule is O=C(Nc1ccccc1)Nc1ccc(C(=O)N2CCNCC2)cc1N1CCN(C(c2ccc(F)cc2)c2ccc(F)cc2)CC1. The molecule has 3 amide bonds. The summed E-state index contributed by atoms with van der Waals surface area (Å²) in [6, 6.07) is 26.9. The van der Waals surface area contributed by atoms with E-state index in [1.807, 2.05) is 41.3 Å². The molecule has 2 saturated heterocycles. The first-order valence-corrected chi connectivity index (χ1v) is 15.2. The minimum absolute atomic E-state index is 0.0376. The smallest absolute Gasteiger partial charge is 0.323 e. The van der Waals surface area contributed by atoms with Crippen LogP contribution in [-0.4, -0.2) is 74.1 Å². The van der Waals surface area contributed by atoms with Crippen LogP contribution in [0.5, 0.6) is 0 Å². The number of amides is 3. The van der Waals surface area contributed by atoms with E-state index < -0.39 is 0 Å². The van der Waals surface area contributed by atoms with Gasteiger partial charge in [-0.05, 0) is 65.7 Å². The predicted molar refractivity (Wildman–Crippen MR) is 173 cm³/mol. The molecule has 3 N–H and O–H groups in total. The number of piperazine rings is 2. The van der Waals surface area contributed by atoms with Crippen LogP contribution < -0.4 is 20.9 Å². The van der Waals surface area contributed by atoms with Crippen molar-refractivity contribution in [1.82, 2.24) is 15.1 Å². The molecule has 0 spiro atoms. The van der Waals surface area contributed by atoms with Crippen molar-refractivity contribution in [3.05, 3.63) is 125 Å². The molecule has 0 radical (unpaired) electrons. The van der Waals surface area contributed by atoms with E-state index in [-0.39, 0.29) is 29.6 Å². The van der Waals surface area contributed by atoms with E-state index in [4.69, 9.17) is 0 Å². The van der Waals surface area contributed by atoms with Gasteiger partial charge in [-0.1, -0.05) is 42.5 Å². The van der Waals surface area contributed by atoms with Gasteiger partial charge in [-0.2, -0.15) is 0 Å². The molecule has 232 valence electrons. The molecule has 4 aromatic carbocycles. The Morgan fingerprint density at radius 2 is 1.29 bits per heavy atom. The number of carbonyl (C=O) groups excluding carboxylic acids is 2. The second-order valence-electron chi connectivity index (χ2n) is 11.2. The molecule has 0 saturated carbocycles. The van der Waals surface area contributed by atoms with Crippen LogP contribution in [0, 0.1) is 11.6 Å². The molecule has 2 heterocycles. The fourth-order valence-electron chi connectivity index (χ4n) is 6.01. The maximum atomic E-state index is 13.8. The van der Waals surface area contributed by atoms with Crippen molar-refractivity contribution in [2.45, 2.75) is 6.04 Å². The van der Waals surface area contributed by atoms with E-state index in [2.05, 4.69) is 25.8 Å². The molecule has 0 atom stereocenters. The zero-order valence-corrected chi connectivity index (χ0v) is 24.9. The zero-order valence-electron chi connectivity index (χ0n) is 24.9. The second kappa shape index (κ2) is 13.9. The van der Waals surface area contributed by atoms with Gasteiger partial charge in [-0.15, -0.1) is 0 Å². The summed E-state index contributed by atoms with van der Waals surface area (Å²) in [5.41, 5.74) is 4.43. The van der Waals surface area contributed by atoms with Crippen LogP contribution in [0.2, 0.25) is 0 Å². The highest BCUT2D eigenvalue weighted by molar-refractivity contribution is 6.03. The van der Waals surface area contributed by atoms with Crippen molar-refractivity contribution >= 4 is 29.0 Å². The monoisotopic (exact) mass is 610 g/mol. The third-order valence-electron chi connectivity index (χ3n) is 8.32. The van der Waals surface area contributed by atoms with E-state index >= 15 is 0 Å². The molecular formula is C35H36F2N6O2. The summed E-state index contributed by atoms with van der Waals surface area (Å²) in [7, 11) is 0. The third kappa shape index (κ3) is 7.30. The molecule has 2 fully saturated rings. The highest BCUT2D eigenvalue weighted by Crippen LogP contribution is 2.34. The Morgan fingerprint density at radius 3 is 1.89 bits per heavy atom. The number of halogens is 2. The van der Waals surface area contributed by atoms with Gasteiger partial charge in [0, 0.05) is 63.6 Å². The van der Waals surface area contributed by atoms with Crippen LogP contribution in [-0.2, 0) is 0 Å². The lowest BCUT2D eigenvalue weighted by Crippen LogP contribution is -2.48. The number of anilines is 3. The summed E-state index contributed by atoms with van der Waals surface area (Å²) in [6.07, 6.45) is 0. The highest BCUT2D eigenvalue weighted by atomic mass is 19.1. The topological polar surface area (TPSA) is 79.9 Å². The summed E-state index contributed by atoms with van der Waals surface area (Å²) < 4.78 is 27.6. The summed E-state index contributed by atoms with van der Waals surface area (Å²) in [6.45, 7) is 5.29. The molecule has 0 unspecified atom stereocenters. The molecular weight excluding hydrogens is 574 g/mol.